The number of non-ortho nitro benzene ring substituents is 1. The maximum atomic E-state index is 13.1. The third-order valence-electron chi connectivity index (χ3n) is 9.04. The number of nitrogens with two attached hydrogens (primary N) is 1. The van der Waals surface area contributed by atoms with E-state index in [1.807, 2.05) is 39.9 Å². The van der Waals surface area contributed by atoms with Gasteiger partial charge in [0.25, 0.3) is 17.5 Å². The van der Waals surface area contributed by atoms with Gasteiger partial charge in [0.05, 0.1) is 49.0 Å². The number of nitro benzene ring substituents is 1. The number of nitrogens with zero attached hydrogens (tertiary/aromatic N) is 3. The first-order chi connectivity index (χ1) is 27.1. The highest BCUT2D eigenvalue weighted by molar-refractivity contribution is 7.23. The van der Waals surface area contributed by atoms with Crippen molar-refractivity contribution in [3.63, 3.8) is 0 Å². The van der Waals surface area contributed by atoms with Crippen LogP contribution >= 0.6 is 45.3 Å². The van der Waals surface area contributed by atoms with Gasteiger partial charge >= 0.3 is 11.9 Å². The minimum absolute atomic E-state index is 0.0459. The molecule has 0 atom stereocenters. The summed E-state index contributed by atoms with van der Waals surface area (Å²) in [5, 5.41) is 14.7. The number of hydrogen-bond acceptors (Lipinski definition) is 13. The molecule has 6 heterocycles. The Kier molecular flexibility index (Phi) is 11.4. The Bertz CT molecular complexity index is 2450. The number of esters is 2. The molecule has 2 N–H and O–H groups in total. The summed E-state index contributed by atoms with van der Waals surface area (Å²) in [6, 6.07) is 20.2. The van der Waals surface area contributed by atoms with Crippen LogP contribution in [0.5, 0.6) is 0 Å². The summed E-state index contributed by atoms with van der Waals surface area (Å²) < 4.78 is 10.2. The summed E-state index contributed by atoms with van der Waals surface area (Å²) in [6.07, 6.45) is 1.29. The van der Waals surface area contributed by atoms with Gasteiger partial charge in [0, 0.05) is 42.0 Å². The second-order valence-electron chi connectivity index (χ2n) is 12.5. The minimum atomic E-state index is -0.490. The van der Waals surface area contributed by atoms with Crippen LogP contribution in [0.4, 0.5) is 22.7 Å². The minimum Gasteiger partial charge on any atom is -0.462 e. The van der Waals surface area contributed by atoms with Gasteiger partial charge in [-0.2, -0.15) is 0 Å². The zero-order valence-corrected chi connectivity index (χ0v) is 33.4. The van der Waals surface area contributed by atoms with Crippen molar-refractivity contribution in [1.82, 2.24) is 0 Å². The lowest BCUT2D eigenvalue weighted by Crippen LogP contribution is -2.32. The number of carbonyl (C=O) groups is 4. The van der Waals surface area contributed by atoms with E-state index in [0.717, 1.165) is 42.0 Å². The Labute approximate surface area is 337 Å². The number of anilines is 3. The molecular formula is C40H34N4O8S4. The average Bonchev–Trinajstić information content (AvgIpc) is 4.01. The molecular weight excluding hydrogens is 793 g/mol. The summed E-state index contributed by atoms with van der Waals surface area (Å²) in [7, 11) is 0. The molecule has 6 aromatic rings. The van der Waals surface area contributed by atoms with Crippen molar-refractivity contribution in [2.45, 2.75) is 26.7 Å². The van der Waals surface area contributed by atoms with Gasteiger partial charge in [0.1, 0.15) is 9.75 Å². The number of nitrogen functional groups attached to an aromatic ring is 1. The second-order valence-corrected chi connectivity index (χ2v) is 16.4. The van der Waals surface area contributed by atoms with Gasteiger partial charge in [0.15, 0.2) is 0 Å². The third-order valence-corrected chi connectivity index (χ3v) is 13.5. The van der Waals surface area contributed by atoms with Crippen molar-refractivity contribution in [3.8, 4) is 19.5 Å². The van der Waals surface area contributed by atoms with Crippen molar-refractivity contribution >= 4 is 91.8 Å². The van der Waals surface area contributed by atoms with Gasteiger partial charge in [-0.05, 0) is 109 Å². The number of amides is 2. The zero-order valence-electron chi connectivity index (χ0n) is 30.1. The summed E-state index contributed by atoms with van der Waals surface area (Å²) in [4.78, 5) is 69.4. The fourth-order valence-corrected chi connectivity index (χ4v) is 10.8. The van der Waals surface area contributed by atoms with E-state index in [2.05, 4.69) is 0 Å². The molecule has 0 bridgehead atoms. The Morgan fingerprint density at radius 2 is 1.11 bits per heavy atom. The Morgan fingerprint density at radius 1 is 0.679 bits per heavy atom. The highest BCUT2D eigenvalue weighted by Gasteiger charge is 2.30. The fraction of sp³-hybridized carbons (Fsp3) is 0.200. The Balaban J connectivity index is 0.000000172. The second kappa shape index (κ2) is 16.6. The summed E-state index contributed by atoms with van der Waals surface area (Å²) in [5.74, 6) is -0.873. The third kappa shape index (κ3) is 7.73. The molecule has 8 rings (SSSR count). The van der Waals surface area contributed by atoms with E-state index in [9.17, 15) is 29.3 Å². The first-order valence-corrected chi connectivity index (χ1v) is 21.0. The van der Waals surface area contributed by atoms with E-state index in [1.165, 1.54) is 58.3 Å². The number of ether oxygens (including phenoxy) is 2. The predicted molar refractivity (Wildman–Crippen MR) is 222 cm³/mol. The molecule has 0 spiro atoms. The highest BCUT2D eigenvalue weighted by Crippen LogP contribution is 2.46. The van der Waals surface area contributed by atoms with Gasteiger partial charge in [-0.3, -0.25) is 19.7 Å². The molecule has 0 saturated carbocycles. The first-order valence-electron chi connectivity index (χ1n) is 17.6. The van der Waals surface area contributed by atoms with Crippen LogP contribution in [0.25, 0.3) is 19.5 Å². The molecule has 286 valence electrons. The van der Waals surface area contributed by atoms with Crippen LogP contribution in [-0.2, 0) is 22.3 Å². The lowest BCUT2D eigenvalue weighted by molar-refractivity contribution is -0.384. The molecule has 0 fully saturated rings. The molecule has 16 heteroatoms. The molecule has 12 nitrogen and oxygen atoms in total. The number of hydrogen-bond donors (Lipinski definition) is 1. The van der Waals surface area contributed by atoms with E-state index in [0.29, 0.717) is 65.7 Å². The molecule has 2 amide bonds. The molecule has 2 aliphatic heterocycles. The molecule has 2 aromatic carbocycles. The number of benzene rings is 2. The SMILES string of the molecule is CCOC(=O)c1cc2c(s1)-c1sccc1N(C(=O)c1ccc(N)cc1)CC2.CCOC(=O)c1cc2c(s1)-c1sccc1N(C(=O)c1ccc([N+](=O)[O-])cc1)CC2. The average molecular weight is 827 g/mol. The van der Waals surface area contributed by atoms with Crippen LogP contribution in [0.1, 0.15) is 65.0 Å². The summed E-state index contributed by atoms with van der Waals surface area (Å²) >= 11 is 5.92. The van der Waals surface area contributed by atoms with Gasteiger partial charge in [0.2, 0.25) is 0 Å². The van der Waals surface area contributed by atoms with Crippen LogP contribution in [0.2, 0.25) is 0 Å². The standard InChI is InChI=1S/C20H16N2O5S2.C20H18N2O3S2/c1-2-27-20(24)16-11-13-7-9-21(15-8-10-28-18(15)17(13)29-16)19(23)12-3-5-14(6-4-12)22(25)26;1-2-25-20(24)16-11-13-7-9-22(15-8-10-26-18(15)17(13)27-16)19(23)12-3-5-14(21)6-4-12/h3-6,8,10-11H,2,7,9H2,1H3;3-6,8,10-11H,2,7,9,21H2,1H3. The van der Waals surface area contributed by atoms with Crippen LogP contribution in [0, 0.1) is 10.1 Å². The number of nitro groups is 1. The number of fused-ring (bicyclic) bond motifs is 6. The monoisotopic (exact) mass is 826 g/mol. The maximum absolute atomic E-state index is 13.1. The van der Waals surface area contributed by atoms with Gasteiger partial charge in [-0.15, -0.1) is 45.3 Å². The normalized spacial score (nSPS) is 12.8. The van der Waals surface area contributed by atoms with E-state index in [4.69, 9.17) is 15.2 Å². The van der Waals surface area contributed by atoms with Crippen LogP contribution in [0.15, 0.2) is 83.6 Å². The molecule has 0 saturated heterocycles. The van der Waals surface area contributed by atoms with Crippen molar-refractivity contribution in [1.29, 1.82) is 0 Å². The molecule has 56 heavy (non-hydrogen) atoms. The number of thiophene rings is 4. The lowest BCUT2D eigenvalue weighted by Gasteiger charge is -2.21. The molecule has 0 unspecified atom stereocenters. The van der Waals surface area contributed by atoms with Gasteiger partial charge < -0.3 is 25.0 Å². The van der Waals surface area contributed by atoms with Crippen LogP contribution < -0.4 is 15.5 Å². The highest BCUT2D eigenvalue weighted by atomic mass is 32.1. The van der Waals surface area contributed by atoms with Crippen molar-refractivity contribution < 1.29 is 33.6 Å². The van der Waals surface area contributed by atoms with Crippen molar-refractivity contribution in [2.75, 3.05) is 41.8 Å². The Hall–Kier alpha value is -5.68. The van der Waals surface area contributed by atoms with Gasteiger partial charge in [-0.25, -0.2) is 9.59 Å². The van der Waals surface area contributed by atoms with E-state index in [1.54, 1.807) is 54.3 Å². The van der Waals surface area contributed by atoms with Crippen LogP contribution in [0.3, 0.4) is 0 Å². The van der Waals surface area contributed by atoms with Crippen LogP contribution in [-0.4, -0.2) is 55.0 Å². The number of carbonyl (C=O) groups excluding carboxylic acids is 4. The molecule has 0 radical (unpaired) electrons. The number of rotatable bonds is 7. The smallest absolute Gasteiger partial charge is 0.348 e. The topological polar surface area (TPSA) is 162 Å². The van der Waals surface area contributed by atoms with E-state index < -0.39 is 4.92 Å². The van der Waals surface area contributed by atoms with E-state index in [-0.39, 0.29) is 29.4 Å². The van der Waals surface area contributed by atoms with Crippen molar-refractivity contribution in [3.05, 3.63) is 126 Å². The zero-order chi connectivity index (χ0) is 39.5. The Morgan fingerprint density at radius 3 is 1.52 bits per heavy atom. The lowest BCUT2D eigenvalue weighted by atomic mass is 10.1. The van der Waals surface area contributed by atoms with Gasteiger partial charge in [-0.1, -0.05) is 0 Å². The summed E-state index contributed by atoms with van der Waals surface area (Å²) in [6.45, 7) is 5.26. The van der Waals surface area contributed by atoms with Crippen molar-refractivity contribution in [2.24, 2.45) is 0 Å². The summed E-state index contributed by atoms with van der Waals surface area (Å²) in [5.41, 5.74) is 11.1. The first kappa shape index (κ1) is 38.6. The van der Waals surface area contributed by atoms with E-state index >= 15 is 0 Å². The molecule has 4 aromatic heterocycles. The maximum Gasteiger partial charge on any atom is 0.348 e. The molecule has 2 aliphatic rings. The largest absolute Gasteiger partial charge is 0.462 e. The predicted octanol–water partition coefficient (Wildman–Crippen LogP) is 9.20. The fourth-order valence-electron chi connectivity index (χ4n) is 6.38. The quantitative estimate of drug-likeness (QED) is 0.0716. The molecule has 0 aliphatic carbocycles.